The summed E-state index contributed by atoms with van der Waals surface area (Å²) < 4.78 is 4.63. The smallest absolute Gasteiger partial charge is 0.323 e. The Hall–Kier alpha value is -0.570. The molecule has 2 aliphatic rings. The molecule has 2 rings (SSSR count). The van der Waals surface area contributed by atoms with E-state index in [4.69, 9.17) is 0 Å². The van der Waals surface area contributed by atoms with E-state index in [1.807, 2.05) is 0 Å². The number of methoxy groups -OCH3 is 1. The van der Waals surface area contributed by atoms with Crippen LogP contribution in [0.15, 0.2) is 0 Å². The Morgan fingerprint density at radius 3 is 2.90 bits per heavy atom. The molecule has 3 nitrogen and oxygen atoms in total. The first-order chi connectivity index (χ1) is 4.83. The molecule has 56 valence electrons. The number of esters is 1. The van der Waals surface area contributed by atoms with Crippen molar-refractivity contribution in [2.24, 2.45) is 11.8 Å². The Balaban J connectivity index is 1.98. The van der Waals surface area contributed by atoms with Crippen LogP contribution in [0, 0.1) is 11.8 Å². The van der Waals surface area contributed by atoms with Crippen LogP contribution in [-0.2, 0) is 9.53 Å². The average Bonchev–Trinajstić information content (AvgIpc) is 2.62. The van der Waals surface area contributed by atoms with Crippen molar-refractivity contribution in [3.05, 3.63) is 0 Å². The number of hydrogen-bond acceptors (Lipinski definition) is 3. The van der Waals surface area contributed by atoms with E-state index in [-0.39, 0.29) is 12.0 Å². The number of carbonyl (C=O) groups is 1. The molecule has 1 saturated heterocycles. The van der Waals surface area contributed by atoms with Gasteiger partial charge in [0.15, 0.2) is 0 Å². The zero-order valence-electron chi connectivity index (χ0n) is 5.96. The Bertz CT molecular complexity index is 169. The minimum absolute atomic E-state index is 0.00926. The van der Waals surface area contributed by atoms with E-state index in [1.54, 1.807) is 0 Å². The van der Waals surface area contributed by atoms with Gasteiger partial charge in [-0.3, -0.25) is 4.79 Å². The van der Waals surface area contributed by atoms with Gasteiger partial charge in [-0.25, -0.2) is 0 Å². The van der Waals surface area contributed by atoms with Crippen LogP contribution in [-0.4, -0.2) is 25.7 Å². The monoisotopic (exact) mass is 141 g/mol. The van der Waals surface area contributed by atoms with Gasteiger partial charge in [0.1, 0.15) is 6.04 Å². The molecule has 0 radical (unpaired) electrons. The van der Waals surface area contributed by atoms with Gasteiger partial charge < -0.3 is 10.1 Å². The van der Waals surface area contributed by atoms with Crippen LogP contribution in [0.2, 0.25) is 0 Å². The van der Waals surface area contributed by atoms with Gasteiger partial charge >= 0.3 is 5.97 Å². The minimum atomic E-state index is -0.0926. The first-order valence-corrected chi connectivity index (χ1v) is 3.64. The summed E-state index contributed by atoms with van der Waals surface area (Å²) in [5, 5.41) is 3.13. The Morgan fingerprint density at radius 2 is 2.50 bits per heavy atom. The van der Waals surface area contributed by atoms with Crippen molar-refractivity contribution in [1.82, 2.24) is 5.32 Å². The first-order valence-electron chi connectivity index (χ1n) is 3.64. The normalized spacial score (nSPS) is 42.7. The summed E-state index contributed by atoms with van der Waals surface area (Å²) >= 11 is 0. The van der Waals surface area contributed by atoms with E-state index >= 15 is 0 Å². The first kappa shape index (κ1) is 6.16. The number of fused-ring (bicyclic) bond motifs is 1. The summed E-state index contributed by atoms with van der Waals surface area (Å²) in [6.45, 7) is 1.00. The lowest BCUT2D eigenvalue weighted by molar-refractivity contribution is -0.143. The number of rotatable bonds is 1. The zero-order chi connectivity index (χ0) is 7.14. The highest BCUT2D eigenvalue weighted by Crippen LogP contribution is 2.45. The number of piperidine rings is 1. The SMILES string of the molecule is COC(=O)[C@H]1NC[C@H]2C[C@H]21. The third-order valence-electron chi connectivity index (χ3n) is 2.46. The largest absolute Gasteiger partial charge is 0.468 e. The second-order valence-electron chi connectivity index (χ2n) is 3.07. The van der Waals surface area contributed by atoms with Gasteiger partial charge in [0.05, 0.1) is 7.11 Å². The molecule has 0 bridgehead atoms. The van der Waals surface area contributed by atoms with Gasteiger partial charge in [-0.05, 0) is 24.8 Å². The van der Waals surface area contributed by atoms with E-state index in [0.717, 1.165) is 12.5 Å². The zero-order valence-corrected chi connectivity index (χ0v) is 5.96. The summed E-state index contributed by atoms with van der Waals surface area (Å²) in [6.07, 6.45) is 1.22. The van der Waals surface area contributed by atoms with Crippen molar-refractivity contribution in [3.8, 4) is 0 Å². The van der Waals surface area contributed by atoms with E-state index in [1.165, 1.54) is 13.5 Å². The van der Waals surface area contributed by atoms with Crippen molar-refractivity contribution in [2.45, 2.75) is 12.5 Å². The molecule has 0 amide bonds. The second-order valence-corrected chi connectivity index (χ2v) is 3.07. The van der Waals surface area contributed by atoms with Crippen molar-refractivity contribution >= 4 is 5.97 Å². The maximum Gasteiger partial charge on any atom is 0.323 e. The third kappa shape index (κ3) is 0.736. The number of nitrogens with one attached hydrogen (secondary N) is 1. The molecule has 1 aliphatic heterocycles. The van der Waals surface area contributed by atoms with Gasteiger partial charge in [0.25, 0.3) is 0 Å². The highest BCUT2D eigenvalue weighted by atomic mass is 16.5. The average molecular weight is 141 g/mol. The third-order valence-corrected chi connectivity index (χ3v) is 2.46. The standard InChI is InChI=1S/C7H11NO2/c1-10-7(9)6-5-2-4(5)3-8-6/h4-6,8H,2-3H2,1H3/t4-,5-,6+/m1/s1. The molecule has 2 fully saturated rings. The van der Waals surface area contributed by atoms with Crippen LogP contribution in [0.5, 0.6) is 0 Å². The highest BCUT2D eigenvalue weighted by molar-refractivity contribution is 5.77. The number of ether oxygens (including phenoxy) is 1. The van der Waals surface area contributed by atoms with Crippen molar-refractivity contribution in [2.75, 3.05) is 13.7 Å². The second kappa shape index (κ2) is 1.95. The van der Waals surface area contributed by atoms with Crippen LogP contribution >= 0.6 is 0 Å². The van der Waals surface area contributed by atoms with Crippen LogP contribution in [0.3, 0.4) is 0 Å². The molecule has 1 aliphatic carbocycles. The summed E-state index contributed by atoms with van der Waals surface area (Å²) in [6, 6.07) is 0.00926. The fourth-order valence-electron chi connectivity index (χ4n) is 1.73. The van der Waals surface area contributed by atoms with Gasteiger partial charge in [-0.2, -0.15) is 0 Å². The molecule has 0 spiro atoms. The molecular formula is C7H11NO2. The molecule has 10 heavy (non-hydrogen) atoms. The predicted octanol–water partition coefficient (Wildman–Crippen LogP) is -0.233. The van der Waals surface area contributed by atoms with E-state index < -0.39 is 0 Å². The molecule has 1 N–H and O–H groups in total. The topological polar surface area (TPSA) is 38.3 Å². The molecule has 0 unspecified atom stereocenters. The summed E-state index contributed by atoms with van der Waals surface area (Å²) in [7, 11) is 1.44. The van der Waals surface area contributed by atoms with E-state index in [0.29, 0.717) is 5.92 Å². The molecule has 0 aromatic rings. The summed E-state index contributed by atoms with van der Waals surface area (Å²) in [5.41, 5.74) is 0. The molecule has 3 atom stereocenters. The van der Waals surface area contributed by atoms with E-state index in [2.05, 4.69) is 10.1 Å². The Labute approximate surface area is 59.7 Å². The van der Waals surface area contributed by atoms with Gasteiger partial charge in [0.2, 0.25) is 0 Å². The van der Waals surface area contributed by atoms with Gasteiger partial charge in [-0.15, -0.1) is 0 Å². The fraction of sp³-hybridized carbons (Fsp3) is 0.857. The molecule has 0 aromatic carbocycles. The number of carbonyl (C=O) groups excluding carboxylic acids is 1. The van der Waals surface area contributed by atoms with Crippen LogP contribution in [0.1, 0.15) is 6.42 Å². The lowest BCUT2D eigenvalue weighted by Gasteiger charge is -2.08. The summed E-state index contributed by atoms with van der Waals surface area (Å²) in [5.74, 6) is 1.27. The molecular weight excluding hydrogens is 130 g/mol. The molecule has 1 saturated carbocycles. The Kier molecular flexibility index (Phi) is 1.20. The number of hydrogen-bond donors (Lipinski definition) is 1. The minimum Gasteiger partial charge on any atom is -0.468 e. The lowest BCUT2D eigenvalue weighted by atomic mass is 10.2. The quantitative estimate of drug-likeness (QED) is 0.512. The molecule has 0 aromatic heterocycles. The maximum absolute atomic E-state index is 11.0. The fourth-order valence-corrected chi connectivity index (χ4v) is 1.73. The maximum atomic E-state index is 11.0. The van der Waals surface area contributed by atoms with Crippen LogP contribution in [0.25, 0.3) is 0 Å². The highest BCUT2D eigenvalue weighted by Gasteiger charge is 2.51. The van der Waals surface area contributed by atoms with Crippen LogP contribution in [0.4, 0.5) is 0 Å². The van der Waals surface area contributed by atoms with Gasteiger partial charge in [0, 0.05) is 0 Å². The van der Waals surface area contributed by atoms with Crippen molar-refractivity contribution < 1.29 is 9.53 Å². The molecule has 1 heterocycles. The van der Waals surface area contributed by atoms with Crippen molar-refractivity contribution in [1.29, 1.82) is 0 Å². The molecule has 3 heteroatoms. The van der Waals surface area contributed by atoms with Gasteiger partial charge in [-0.1, -0.05) is 0 Å². The van der Waals surface area contributed by atoms with Crippen LogP contribution < -0.4 is 5.32 Å². The lowest BCUT2D eigenvalue weighted by Crippen LogP contribution is -2.35. The predicted molar refractivity (Wildman–Crippen MR) is 35.4 cm³/mol. The van der Waals surface area contributed by atoms with Crippen molar-refractivity contribution in [3.63, 3.8) is 0 Å². The summed E-state index contributed by atoms with van der Waals surface area (Å²) in [4.78, 5) is 11.0. The Morgan fingerprint density at radius 1 is 1.70 bits per heavy atom. The van der Waals surface area contributed by atoms with E-state index in [9.17, 15) is 4.79 Å².